The lowest BCUT2D eigenvalue weighted by Crippen LogP contribution is -2.53. The van der Waals surface area contributed by atoms with Crippen molar-refractivity contribution in [3.8, 4) is 0 Å². The summed E-state index contributed by atoms with van der Waals surface area (Å²) in [5.41, 5.74) is 1.95. The first-order valence-electron chi connectivity index (χ1n) is 11.2. The van der Waals surface area contributed by atoms with Gasteiger partial charge in [-0.25, -0.2) is 4.79 Å². The molecule has 0 saturated carbocycles. The summed E-state index contributed by atoms with van der Waals surface area (Å²) in [7, 11) is 0. The third-order valence-corrected chi connectivity index (χ3v) is 6.40. The Bertz CT molecular complexity index is 894. The van der Waals surface area contributed by atoms with E-state index in [1.807, 2.05) is 49.4 Å². The molecular weight excluding hydrogens is 390 g/mol. The number of nitrogens with one attached hydrogen (secondary N) is 1. The van der Waals surface area contributed by atoms with Gasteiger partial charge in [0.1, 0.15) is 12.1 Å². The van der Waals surface area contributed by atoms with Crippen LogP contribution in [0.5, 0.6) is 0 Å². The highest BCUT2D eigenvalue weighted by atomic mass is 16.6. The van der Waals surface area contributed by atoms with Crippen molar-refractivity contribution in [1.29, 1.82) is 0 Å². The van der Waals surface area contributed by atoms with Crippen molar-refractivity contribution in [2.45, 2.75) is 51.2 Å². The molecule has 6 heteroatoms. The third-order valence-electron chi connectivity index (χ3n) is 6.40. The van der Waals surface area contributed by atoms with Gasteiger partial charge < -0.3 is 15.0 Å². The lowest BCUT2D eigenvalue weighted by atomic mass is 9.97. The van der Waals surface area contributed by atoms with Crippen LogP contribution >= 0.6 is 0 Å². The number of anilines is 2. The summed E-state index contributed by atoms with van der Waals surface area (Å²) in [6.45, 7) is 4.71. The number of nitrogens with zero attached hydrogens (tertiary/aromatic N) is 2. The van der Waals surface area contributed by atoms with Crippen LogP contribution in [0.4, 0.5) is 16.2 Å². The zero-order valence-electron chi connectivity index (χ0n) is 18.2. The van der Waals surface area contributed by atoms with E-state index < -0.39 is 11.6 Å². The molecule has 2 aromatic rings. The van der Waals surface area contributed by atoms with E-state index in [4.69, 9.17) is 4.74 Å². The highest BCUT2D eigenvalue weighted by Gasteiger charge is 2.46. The van der Waals surface area contributed by atoms with Crippen molar-refractivity contribution >= 4 is 23.4 Å². The van der Waals surface area contributed by atoms with Crippen LogP contribution in [0.3, 0.4) is 0 Å². The quantitative estimate of drug-likeness (QED) is 0.753. The highest BCUT2D eigenvalue weighted by Crippen LogP contribution is 2.31. The second-order valence-electron chi connectivity index (χ2n) is 8.62. The monoisotopic (exact) mass is 421 g/mol. The molecule has 164 valence electrons. The first-order valence-corrected chi connectivity index (χ1v) is 11.2. The second kappa shape index (κ2) is 9.41. The minimum Gasteiger partial charge on any atom is -0.445 e. The Hall–Kier alpha value is -3.02. The van der Waals surface area contributed by atoms with Gasteiger partial charge in [0.25, 0.3) is 0 Å². The Morgan fingerprint density at radius 3 is 2.35 bits per heavy atom. The zero-order chi connectivity index (χ0) is 21.7. The van der Waals surface area contributed by atoms with Crippen molar-refractivity contribution in [3.63, 3.8) is 0 Å². The minimum absolute atomic E-state index is 0.174. The summed E-state index contributed by atoms with van der Waals surface area (Å²) < 4.78 is 5.49. The standard InChI is InChI=1S/C25H31N3O3/c1-25(15-8-18-28(25)24(30)31-19-20-9-4-2-5-10-20)23(29)26-21-11-13-22(14-12-21)27-16-6-3-7-17-27/h2,4-5,9-14H,3,6-8,15-19H2,1H3,(H,26,29). The first kappa shape index (κ1) is 21.2. The molecule has 31 heavy (non-hydrogen) atoms. The molecule has 0 aromatic heterocycles. The number of amides is 2. The molecule has 1 atom stereocenters. The lowest BCUT2D eigenvalue weighted by molar-refractivity contribution is -0.125. The van der Waals surface area contributed by atoms with E-state index in [9.17, 15) is 9.59 Å². The molecule has 2 heterocycles. The summed E-state index contributed by atoms with van der Waals surface area (Å²) in [6.07, 6.45) is 4.70. The van der Waals surface area contributed by atoms with E-state index in [0.29, 0.717) is 13.0 Å². The number of carbonyl (C=O) groups is 2. The number of benzene rings is 2. The molecule has 2 aromatic carbocycles. The van der Waals surface area contributed by atoms with E-state index in [-0.39, 0.29) is 12.5 Å². The van der Waals surface area contributed by atoms with E-state index in [0.717, 1.165) is 30.8 Å². The Labute approximate surface area is 184 Å². The zero-order valence-corrected chi connectivity index (χ0v) is 18.2. The van der Waals surface area contributed by atoms with Crippen molar-refractivity contribution in [2.75, 3.05) is 29.9 Å². The molecule has 2 saturated heterocycles. The average Bonchev–Trinajstić information content (AvgIpc) is 3.22. The van der Waals surface area contributed by atoms with Gasteiger partial charge in [0, 0.05) is 31.0 Å². The fraction of sp³-hybridized carbons (Fsp3) is 0.440. The number of hydrogen-bond donors (Lipinski definition) is 1. The van der Waals surface area contributed by atoms with Crippen LogP contribution in [-0.2, 0) is 16.1 Å². The Kier molecular flexibility index (Phi) is 6.44. The van der Waals surface area contributed by atoms with Crippen LogP contribution in [-0.4, -0.2) is 42.1 Å². The topological polar surface area (TPSA) is 61.9 Å². The normalized spacial score (nSPS) is 21.1. The van der Waals surface area contributed by atoms with Gasteiger partial charge in [-0.05, 0) is 68.9 Å². The van der Waals surface area contributed by atoms with Gasteiger partial charge in [0.2, 0.25) is 5.91 Å². The number of rotatable bonds is 5. The molecule has 4 rings (SSSR count). The van der Waals surface area contributed by atoms with Crippen LogP contribution in [0.15, 0.2) is 54.6 Å². The molecule has 6 nitrogen and oxygen atoms in total. The maximum absolute atomic E-state index is 13.1. The summed E-state index contributed by atoms with van der Waals surface area (Å²) in [5.74, 6) is -0.174. The van der Waals surface area contributed by atoms with Crippen molar-refractivity contribution in [2.24, 2.45) is 0 Å². The first-order chi connectivity index (χ1) is 15.1. The van der Waals surface area contributed by atoms with Crippen LogP contribution < -0.4 is 10.2 Å². The third kappa shape index (κ3) is 4.84. The fourth-order valence-electron chi connectivity index (χ4n) is 4.46. The molecule has 0 spiro atoms. The molecular formula is C25H31N3O3. The number of hydrogen-bond acceptors (Lipinski definition) is 4. The molecule has 2 aliphatic heterocycles. The Balaban J connectivity index is 1.37. The lowest BCUT2D eigenvalue weighted by Gasteiger charge is -2.33. The predicted molar refractivity (Wildman–Crippen MR) is 122 cm³/mol. The predicted octanol–water partition coefficient (Wildman–Crippen LogP) is 4.81. The van der Waals surface area contributed by atoms with E-state index >= 15 is 0 Å². The summed E-state index contributed by atoms with van der Waals surface area (Å²) in [6, 6.07) is 17.6. The average molecular weight is 422 g/mol. The maximum atomic E-state index is 13.1. The summed E-state index contributed by atoms with van der Waals surface area (Å²) in [5, 5.41) is 3.01. The highest BCUT2D eigenvalue weighted by molar-refractivity contribution is 6.00. The maximum Gasteiger partial charge on any atom is 0.410 e. The van der Waals surface area contributed by atoms with E-state index in [1.54, 1.807) is 4.90 Å². The van der Waals surface area contributed by atoms with Gasteiger partial charge in [0.15, 0.2) is 0 Å². The van der Waals surface area contributed by atoms with Gasteiger partial charge >= 0.3 is 6.09 Å². The Morgan fingerprint density at radius 1 is 0.935 bits per heavy atom. The molecule has 2 fully saturated rings. The number of piperidine rings is 1. The van der Waals surface area contributed by atoms with Gasteiger partial charge in [-0.3, -0.25) is 9.69 Å². The van der Waals surface area contributed by atoms with Crippen LogP contribution in [0.2, 0.25) is 0 Å². The summed E-state index contributed by atoms with van der Waals surface area (Å²) in [4.78, 5) is 29.8. The van der Waals surface area contributed by atoms with Gasteiger partial charge in [0.05, 0.1) is 0 Å². The SMILES string of the molecule is CC1(C(=O)Nc2ccc(N3CCCCC3)cc2)CCCN1C(=O)OCc1ccccc1. The van der Waals surface area contributed by atoms with Gasteiger partial charge in [-0.2, -0.15) is 0 Å². The van der Waals surface area contributed by atoms with Crippen molar-refractivity contribution in [1.82, 2.24) is 4.90 Å². The molecule has 0 radical (unpaired) electrons. The number of carbonyl (C=O) groups excluding carboxylic acids is 2. The molecule has 0 bridgehead atoms. The second-order valence-corrected chi connectivity index (χ2v) is 8.62. The van der Waals surface area contributed by atoms with Crippen LogP contribution in [0.1, 0.15) is 44.6 Å². The fourth-order valence-corrected chi connectivity index (χ4v) is 4.46. The van der Waals surface area contributed by atoms with Gasteiger partial charge in [-0.1, -0.05) is 30.3 Å². The molecule has 2 amide bonds. The van der Waals surface area contributed by atoms with Crippen LogP contribution in [0, 0.1) is 0 Å². The molecule has 1 unspecified atom stereocenters. The van der Waals surface area contributed by atoms with Crippen LogP contribution in [0.25, 0.3) is 0 Å². The Morgan fingerprint density at radius 2 is 1.65 bits per heavy atom. The molecule has 0 aliphatic carbocycles. The molecule has 2 aliphatic rings. The van der Waals surface area contributed by atoms with Crippen molar-refractivity contribution in [3.05, 3.63) is 60.2 Å². The smallest absolute Gasteiger partial charge is 0.410 e. The molecule has 1 N–H and O–H groups in total. The van der Waals surface area contributed by atoms with E-state index in [2.05, 4.69) is 22.3 Å². The van der Waals surface area contributed by atoms with Gasteiger partial charge in [-0.15, -0.1) is 0 Å². The van der Waals surface area contributed by atoms with Crippen molar-refractivity contribution < 1.29 is 14.3 Å². The largest absolute Gasteiger partial charge is 0.445 e. The number of ether oxygens (including phenoxy) is 1. The summed E-state index contributed by atoms with van der Waals surface area (Å²) >= 11 is 0. The number of likely N-dealkylation sites (tertiary alicyclic amines) is 1. The minimum atomic E-state index is -0.917. The van der Waals surface area contributed by atoms with E-state index in [1.165, 1.54) is 24.9 Å².